The van der Waals surface area contributed by atoms with E-state index in [0.717, 1.165) is 29.4 Å². The summed E-state index contributed by atoms with van der Waals surface area (Å²) in [7, 11) is 0. The van der Waals surface area contributed by atoms with Gasteiger partial charge in [0.1, 0.15) is 5.60 Å². The maximum atomic E-state index is 12.6. The standard InChI is InChI=1S/C17H22BrClN2O2/c1-16(2,3)23-15(22)21-9-14(20-10-17(21)4-5-17)11-6-12(18)8-13(19)7-11/h6-8,14,20H,4-5,9-10H2,1-3H3. The summed E-state index contributed by atoms with van der Waals surface area (Å²) in [6, 6.07) is 5.91. The van der Waals surface area contributed by atoms with Crippen molar-refractivity contribution < 1.29 is 9.53 Å². The number of hydrogen-bond acceptors (Lipinski definition) is 3. The van der Waals surface area contributed by atoms with Crippen LogP contribution in [0.5, 0.6) is 0 Å². The highest BCUT2D eigenvalue weighted by Crippen LogP contribution is 2.45. The smallest absolute Gasteiger partial charge is 0.410 e. The van der Waals surface area contributed by atoms with E-state index in [0.29, 0.717) is 11.6 Å². The second kappa shape index (κ2) is 5.94. The Hall–Kier alpha value is -0.780. The van der Waals surface area contributed by atoms with Gasteiger partial charge in [-0.15, -0.1) is 0 Å². The Morgan fingerprint density at radius 3 is 2.65 bits per heavy atom. The minimum absolute atomic E-state index is 0.0590. The minimum atomic E-state index is -0.480. The summed E-state index contributed by atoms with van der Waals surface area (Å²) in [5, 5.41) is 4.25. The van der Waals surface area contributed by atoms with Crippen LogP contribution < -0.4 is 5.32 Å². The summed E-state index contributed by atoms with van der Waals surface area (Å²) < 4.78 is 6.55. The van der Waals surface area contributed by atoms with Crippen molar-refractivity contribution in [3.8, 4) is 0 Å². The van der Waals surface area contributed by atoms with Crippen LogP contribution >= 0.6 is 27.5 Å². The summed E-state index contributed by atoms with van der Waals surface area (Å²) in [4.78, 5) is 14.5. The molecule has 0 aromatic heterocycles. The van der Waals surface area contributed by atoms with Gasteiger partial charge in [0.2, 0.25) is 0 Å². The van der Waals surface area contributed by atoms with Gasteiger partial charge in [-0.3, -0.25) is 4.90 Å². The molecule has 0 radical (unpaired) electrons. The van der Waals surface area contributed by atoms with Crippen LogP contribution in [0, 0.1) is 0 Å². The fourth-order valence-electron chi connectivity index (χ4n) is 3.03. The number of hydrogen-bond donors (Lipinski definition) is 1. The molecule has 1 unspecified atom stereocenters. The zero-order valence-electron chi connectivity index (χ0n) is 13.7. The van der Waals surface area contributed by atoms with E-state index < -0.39 is 5.60 Å². The van der Waals surface area contributed by atoms with Gasteiger partial charge >= 0.3 is 6.09 Å². The lowest BCUT2D eigenvalue weighted by Gasteiger charge is -2.41. The number of carbonyl (C=O) groups is 1. The molecule has 1 N–H and O–H groups in total. The van der Waals surface area contributed by atoms with Gasteiger partial charge in [-0.25, -0.2) is 4.79 Å². The van der Waals surface area contributed by atoms with Crippen molar-refractivity contribution in [2.24, 2.45) is 0 Å². The SMILES string of the molecule is CC(C)(C)OC(=O)N1CC(c2cc(Cl)cc(Br)c2)NCC12CC2. The third-order valence-corrected chi connectivity index (χ3v) is 5.02. The lowest BCUT2D eigenvalue weighted by molar-refractivity contribution is 0.00318. The Kier molecular flexibility index (Phi) is 4.40. The molecule has 1 amide bonds. The zero-order chi connectivity index (χ0) is 16.8. The normalized spacial score (nSPS) is 23.0. The molecule has 0 bridgehead atoms. The number of nitrogens with one attached hydrogen (secondary N) is 1. The monoisotopic (exact) mass is 400 g/mol. The van der Waals surface area contributed by atoms with E-state index in [9.17, 15) is 4.79 Å². The van der Waals surface area contributed by atoms with Crippen molar-refractivity contribution in [1.29, 1.82) is 0 Å². The molecule has 1 heterocycles. The predicted octanol–water partition coefficient (Wildman–Crippen LogP) is 4.52. The number of amides is 1. The molecular formula is C17H22BrClN2O2. The average Bonchev–Trinajstić information content (AvgIpc) is 3.16. The van der Waals surface area contributed by atoms with Gasteiger partial charge in [0.15, 0.2) is 0 Å². The molecule has 126 valence electrons. The molecule has 6 heteroatoms. The molecule has 4 nitrogen and oxygen atoms in total. The Labute approximate surface area is 150 Å². The average molecular weight is 402 g/mol. The van der Waals surface area contributed by atoms with Crippen LogP contribution in [0.4, 0.5) is 4.79 Å². The zero-order valence-corrected chi connectivity index (χ0v) is 16.0. The number of nitrogens with zero attached hydrogens (tertiary/aromatic N) is 1. The molecule has 1 atom stereocenters. The van der Waals surface area contributed by atoms with E-state index in [4.69, 9.17) is 16.3 Å². The summed E-state index contributed by atoms with van der Waals surface area (Å²) in [6.45, 7) is 7.09. The van der Waals surface area contributed by atoms with Crippen LogP contribution in [-0.2, 0) is 4.74 Å². The summed E-state index contributed by atoms with van der Waals surface area (Å²) in [5.74, 6) is 0. The molecule has 1 saturated heterocycles. The van der Waals surface area contributed by atoms with Crippen LogP contribution in [0.2, 0.25) is 5.02 Å². The summed E-state index contributed by atoms with van der Waals surface area (Å²) >= 11 is 9.64. The van der Waals surface area contributed by atoms with Gasteiger partial charge < -0.3 is 10.1 Å². The number of carbonyl (C=O) groups excluding carboxylic acids is 1. The Morgan fingerprint density at radius 1 is 1.39 bits per heavy atom. The highest BCUT2D eigenvalue weighted by atomic mass is 79.9. The number of ether oxygens (including phenoxy) is 1. The molecule has 23 heavy (non-hydrogen) atoms. The van der Waals surface area contributed by atoms with Crippen LogP contribution in [0.25, 0.3) is 0 Å². The van der Waals surface area contributed by atoms with Crippen LogP contribution in [-0.4, -0.2) is 35.2 Å². The van der Waals surface area contributed by atoms with E-state index in [-0.39, 0.29) is 17.7 Å². The quantitative estimate of drug-likeness (QED) is 0.752. The molecule has 1 aromatic carbocycles. The van der Waals surface area contributed by atoms with Crippen LogP contribution in [0.1, 0.15) is 45.2 Å². The fourth-order valence-corrected chi connectivity index (χ4v) is 3.91. The van der Waals surface area contributed by atoms with Gasteiger partial charge in [0.25, 0.3) is 0 Å². The molecule has 2 fully saturated rings. The molecule has 1 aromatic rings. The number of halogens is 2. The lowest BCUT2D eigenvalue weighted by Crippen LogP contribution is -2.57. The van der Waals surface area contributed by atoms with Crippen molar-refractivity contribution in [3.63, 3.8) is 0 Å². The second-order valence-electron chi connectivity index (χ2n) is 7.45. The van der Waals surface area contributed by atoms with Crippen LogP contribution in [0.3, 0.4) is 0 Å². The van der Waals surface area contributed by atoms with E-state index in [1.165, 1.54) is 0 Å². The molecule has 3 rings (SSSR count). The molecule has 1 spiro atoms. The van der Waals surface area contributed by atoms with Crippen LogP contribution in [0.15, 0.2) is 22.7 Å². The van der Waals surface area contributed by atoms with Gasteiger partial charge in [0.05, 0.1) is 11.6 Å². The second-order valence-corrected chi connectivity index (χ2v) is 8.80. The number of benzene rings is 1. The predicted molar refractivity (Wildman–Crippen MR) is 94.8 cm³/mol. The molecule has 1 saturated carbocycles. The van der Waals surface area contributed by atoms with E-state index >= 15 is 0 Å². The van der Waals surface area contributed by atoms with Crippen molar-refractivity contribution >= 4 is 33.6 Å². The number of piperazine rings is 1. The first kappa shape index (κ1) is 17.1. The van der Waals surface area contributed by atoms with Gasteiger partial charge in [-0.1, -0.05) is 27.5 Å². The van der Waals surface area contributed by atoms with Crippen molar-refractivity contribution in [3.05, 3.63) is 33.3 Å². The van der Waals surface area contributed by atoms with Crippen molar-refractivity contribution in [2.45, 2.75) is 50.8 Å². The molecule has 2 aliphatic rings. The van der Waals surface area contributed by atoms with E-state index in [1.807, 2.05) is 43.9 Å². The van der Waals surface area contributed by atoms with Gasteiger partial charge in [-0.2, -0.15) is 0 Å². The molecular weight excluding hydrogens is 380 g/mol. The maximum Gasteiger partial charge on any atom is 0.410 e. The van der Waals surface area contributed by atoms with Gasteiger partial charge in [-0.05, 0) is 57.4 Å². The largest absolute Gasteiger partial charge is 0.444 e. The maximum absolute atomic E-state index is 12.6. The van der Waals surface area contributed by atoms with Crippen molar-refractivity contribution in [1.82, 2.24) is 10.2 Å². The Bertz CT molecular complexity index is 605. The van der Waals surface area contributed by atoms with Gasteiger partial charge in [0, 0.05) is 22.6 Å². The fraction of sp³-hybridized carbons (Fsp3) is 0.588. The third kappa shape index (κ3) is 3.83. The van der Waals surface area contributed by atoms with Crippen molar-refractivity contribution in [2.75, 3.05) is 13.1 Å². The first-order valence-corrected chi connectivity index (χ1v) is 9.06. The highest BCUT2D eigenvalue weighted by molar-refractivity contribution is 9.10. The topological polar surface area (TPSA) is 41.6 Å². The molecule has 1 aliphatic carbocycles. The third-order valence-electron chi connectivity index (χ3n) is 4.34. The summed E-state index contributed by atoms with van der Waals surface area (Å²) in [6.07, 6.45) is 1.85. The first-order chi connectivity index (χ1) is 10.7. The van der Waals surface area contributed by atoms with E-state index in [2.05, 4.69) is 21.2 Å². The highest BCUT2D eigenvalue weighted by Gasteiger charge is 2.54. The number of rotatable bonds is 1. The first-order valence-electron chi connectivity index (χ1n) is 7.89. The van der Waals surface area contributed by atoms with E-state index in [1.54, 1.807) is 0 Å². The Morgan fingerprint density at radius 2 is 2.09 bits per heavy atom. The Balaban J connectivity index is 1.80. The molecule has 1 aliphatic heterocycles. The minimum Gasteiger partial charge on any atom is -0.444 e. The summed E-state index contributed by atoms with van der Waals surface area (Å²) in [5.41, 5.74) is 0.537. The lowest BCUT2D eigenvalue weighted by atomic mass is 10.0.